The predicted molar refractivity (Wildman–Crippen MR) is 92.6 cm³/mol. The molecule has 1 atom stereocenters. The number of rotatable bonds is 6. The van der Waals surface area contributed by atoms with Crippen molar-refractivity contribution in [1.82, 2.24) is 9.88 Å². The van der Waals surface area contributed by atoms with Gasteiger partial charge in [0.05, 0.1) is 0 Å². The molecular weight excluding hydrogens is 304 g/mol. The van der Waals surface area contributed by atoms with E-state index in [1.807, 2.05) is 24.4 Å². The zero-order chi connectivity index (χ0) is 16.9. The fraction of sp³-hybridized carbons (Fsp3) is 0.474. The van der Waals surface area contributed by atoms with Crippen molar-refractivity contribution in [3.63, 3.8) is 0 Å². The van der Waals surface area contributed by atoms with E-state index in [2.05, 4.69) is 11.1 Å². The highest BCUT2D eigenvalue weighted by atomic mass is 16.5. The van der Waals surface area contributed by atoms with E-state index in [4.69, 9.17) is 4.74 Å². The molecule has 24 heavy (non-hydrogen) atoms. The minimum absolute atomic E-state index is 0.0718. The monoisotopic (exact) mass is 328 g/mol. The van der Waals surface area contributed by atoms with Crippen molar-refractivity contribution in [2.75, 3.05) is 13.1 Å². The maximum atomic E-state index is 12.1. The summed E-state index contributed by atoms with van der Waals surface area (Å²) in [5.41, 5.74) is 2.32. The number of likely N-dealkylation sites (tertiary alicyclic amines) is 1. The van der Waals surface area contributed by atoms with Crippen LogP contribution in [0.1, 0.15) is 38.2 Å². The lowest BCUT2D eigenvalue weighted by Gasteiger charge is -2.20. The summed E-state index contributed by atoms with van der Waals surface area (Å²) < 4.78 is 5.29. The van der Waals surface area contributed by atoms with E-state index in [1.165, 1.54) is 10.9 Å². The molecule has 2 aromatic rings. The lowest BCUT2D eigenvalue weighted by Crippen LogP contribution is -2.38. The molecule has 3 rings (SSSR count). The van der Waals surface area contributed by atoms with Crippen LogP contribution in [0.3, 0.4) is 0 Å². The van der Waals surface area contributed by atoms with Gasteiger partial charge in [-0.25, -0.2) is 0 Å². The number of carbonyl (C=O) groups is 2. The first kappa shape index (κ1) is 16.6. The smallest absolute Gasteiger partial charge is 0.306 e. The van der Waals surface area contributed by atoms with Crippen LogP contribution in [0.5, 0.6) is 0 Å². The number of H-pyrrole nitrogens is 1. The van der Waals surface area contributed by atoms with Crippen LogP contribution in [0.15, 0.2) is 30.5 Å². The number of aromatic nitrogens is 1. The number of fused-ring (bicyclic) bond motifs is 1. The molecule has 128 valence electrons. The zero-order valence-electron chi connectivity index (χ0n) is 14.1. The molecule has 0 bridgehead atoms. The summed E-state index contributed by atoms with van der Waals surface area (Å²) in [6, 6.07) is 8.13. The quantitative estimate of drug-likeness (QED) is 0.829. The van der Waals surface area contributed by atoms with Crippen LogP contribution >= 0.6 is 0 Å². The minimum atomic E-state index is -0.677. The maximum absolute atomic E-state index is 12.1. The van der Waals surface area contributed by atoms with Gasteiger partial charge in [0.2, 0.25) is 0 Å². The third-order valence-electron chi connectivity index (χ3n) is 4.58. The number of carbonyl (C=O) groups excluding carboxylic acids is 2. The largest absolute Gasteiger partial charge is 0.453 e. The molecule has 0 radical (unpaired) electrons. The SMILES string of the molecule is C[C@H](OC(=O)CCCc1c[nH]c2ccccc12)C(=O)N1CCCC1. The van der Waals surface area contributed by atoms with E-state index >= 15 is 0 Å². The van der Waals surface area contributed by atoms with Crippen LogP contribution < -0.4 is 0 Å². The molecule has 1 N–H and O–H groups in total. The Morgan fingerprint density at radius 2 is 2.00 bits per heavy atom. The second kappa shape index (κ2) is 7.51. The van der Waals surface area contributed by atoms with Crippen molar-refractivity contribution < 1.29 is 14.3 Å². The lowest BCUT2D eigenvalue weighted by molar-refractivity contribution is -0.158. The lowest BCUT2D eigenvalue weighted by atomic mass is 10.1. The van der Waals surface area contributed by atoms with Crippen molar-refractivity contribution in [2.45, 2.75) is 45.1 Å². The fourth-order valence-electron chi connectivity index (χ4n) is 3.26. The highest BCUT2D eigenvalue weighted by molar-refractivity contribution is 5.84. The highest BCUT2D eigenvalue weighted by Gasteiger charge is 2.25. The Morgan fingerprint density at radius 1 is 1.25 bits per heavy atom. The maximum Gasteiger partial charge on any atom is 0.306 e. The molecule has 2 heterocycles. The first-order valence-electron chi connectivity index (χ1n) is 8.68. The molecule has 0 saturated carbocycles. The molecule has 1 saturated heterocycles. The normalized spacial score (nSPS) is 15.6. The van der Waals surface area contributed by atoms with Crippen molar-refractivity contribution in [2.24, 2.45) is 0 Å². The Bertz CT molecular complexity index is 716. The van der Waals surface area contributed by atoms with Crippen LogP contribution in [-0.2, 0) is 20.7 Å². The summed E-state index contributed by atoms with van der Waals surface area (Å²) in [6.45, 7) is 3.22. The summed E-state index contributed by atoms with van der Waals surface area (Å²) in [7, 11) is 0. The second-order valence-corrected chi connectivity index (χ2v) is 6.38. The van der Waals surface area contributed by atoms with Crippen molar-refractivity contribution in [3.8, 4) is 0 Å². The summed E-state index contributed by atoms with van der Waals surface area (Å²) >= 11 is 0. The van der Waals surface area contributed by atoms with Gasteiger partial charge in [-0.05, 0) is 44.2 Å². The summed E-state index contributed by atoms with van der Waals surface area (Å²) in [4.78, 5) is 29.1. The van der Waals surface area contributed by atoms with Gasteiger partial charge in [-0.2, -0.15) is 0 Å². The van der Waals surface area contributed by atoms with Gasteiger partial charge in [0.25, 0.3) is 5.91 Å². The van der Waals surface area contributed by atoms with Gasteiger partial charge in [-0.3, -0.25) is 9.59 Å². The van der Waals surface area contributed by atoms with Crippen LogP contribution in [0.25, 0.3) is 10.9 Å². The van der Waals surface area contributed by atoms with Gasteiger partial charge >= 0.3 is 5.97 Å². The molecule has 1 aromatic carbocycles. The number of hydrogen-bond donors (Lipinski definition) is 1. The average Bonchev–Trinajstić information content (AvgIpc) is 3.24. The van der Waals surface area contributed by atoms with Gasteiger partial charge in [-0.15, -0.1) is 0 Å². The molecule has 1 aliphatic heterocycles. The van der Waals surface area contributed by atoms with Crippen molar-refractivity contribution in [3.05, 3.63) is 36.0 Å². The van der Waals surface area contributed by atoms with E-state index in [9.17, 15) is 9.59 Å². The Labute approximate surface area is 142 Å². The topological polar surface area (TPSA) is 62.4 Å². The molecule has 5 nitrogen and oxygen atoms in total. The van der Waals surface area contributed by atoms with Gasteiger partial charge in [0, 0.05) is 36.6 Å². The Kier molecular flexibility index (Phi) is 5.18. The number of nitrogens with zero attached hydrogens (tertiary/aromatic N) is 1. The molecule has 5 heteroatoms. The molecule has 1 fully saturated rings. The molecule has 1 amide bonds. The molecular formula is C19H24N2O3. The highest BCUT2D eigenvalue weighted by Crippen LogP contribution is 2.19. The van der Waals surface area contributed by atoms with E-state index in [0.29, 0.717) is 12.8 Å². The number of ether oxygens (including phenoxy) is 1. The minimum Gasteiger partial charge on any atom is -0.453 e. The van der Waals surface area contributed by atoms with E-state index < -0.39 is 6.10 Å². The molecule has 1 aliphatic rings. The number of aromatic amines is 1. The molecule has 0 aliphatic carbocycles. The Hall–Kier alpha value is -2.30. The van der Waals surface area contributed by atoms with Crippen LogP contribution in [0, 0.1) is 0 Å². The number of hydrogen-bond acceptors (Lipinski definition) is 3. The van der Waals surface area contributed by atoms with Crippen molar-refractivity contribution >= 4 is 22.8 Å². The summed E-state index contributed by atoms with van der Waals surface area (Å²) in [6.07, 6.45) is 5.25. The third-order valence-corrected chi connectivity index (χ3v) is 4.58. The number of aryl methyl sites for hydroxylation is 1. The van der Waals surface area contributed by atoms with Gasteiger partial charge in [0.1, 0.15) is 0 Å². The summed E-state index contributed by atoms with van der Waals surface area (Å²) in [5, 5.41) is 1.20. The number of benzene rings is 1. The molecule has 0 spiro atoms. The zero-order valence-corrected chi connectivity index (χ0v) is 14.1. The van der Waals surface area contributed by atoms with E-state index in [0.717, 1.165) is 37.9 Å². The Morgan fingerprint density at radius 3 is 2.79 bits per heavy atom. The third kappa shape index (κ3) is 3.78. The van der Waals surface area contributed by atoms with Crippen molar-refractivity contribution in [1.29, 1.82) is 0 Å². The summed E-state index contributed by atoms with van der Waals surface area (Å²) in [5.74, 6) is -0.368. The number of nitrogens with one attached hydrogen (secondary N) is 1. The fourth-order valence-corrected chi connectivity index (χ4v) is 3.26. The van der Waals surface area contributed by atoms with Crippen LogP contribution in [0.2, 0.25) is 0 Å². The second-order valence-electron chi connectivity index (χ2n) is 6.38. The van der Waals surface area contributed by atoms with Crippen LogP contribution in [0.4, 0.5) is 0 Å². The number of esters is 1. The molecule has 0 unspecified atom stereocenters. The Balaban J connectivity index is 1.44. The standard InChI is InChI=1S/C19H24N2O3/c1-14(19(23)21-11-4-5-12-21)24-18(22)10-6-7-15-13-20-17-9-3-2-8-16(15)17/h2-3,8-9,13-14,20H,4-7,10-12H2,1H3/t14-/m0/s1. The molecule has 1 aromatic heterocycles. The van der Waals surface area contributed by atoms with Crippen LogP contribution in [-0.4, -0.2) is 41.0 Å². The van der Waals surface area contributed by atoms with Gasteiger partial charge in [0.15, 0.2) is 6.10 Å². The first-order chi connectivity index (χ1) is 11.6. The van der Waals surface area contributed by atoms with E-state index in [-0.39, 0.29) is 11.9 Å². The van der Waals surface area contributed by atoms with Gasteiger partial charge in [-0.1, -0.05) is 18.2 Å². The predicted octanol–water partition coefficient (Wildman–Crippen LogP) is 3.04. The average molecular weight is 328 g/mol. The van der Waals surface area contributed by atoms with E-state index in [1.54, 1.807) is 11.8 Å². The number of para-hydroxylation sites is 1. The van der Waals surface area contributed by atoms with Gasteiger partial charge < -0.3 is 14.6 Å². The number of amides is 1. The first-order valence-corrected chi connectivity index (χ1v) is 8.68.